The van der Waals surface area contributed by atoms with E-state index in [2.05, 4.69) is 17.1 Å². The predicted molar refractivity (Wildman–Crippen MR) is 84.1 cm³/mol. The van der Waals surface area contributed by atoms with E-state index in [0.717, 1.165) is 28.2 Å². The lowest BCUT2D eigenvalue weighted by atomic mass is 10.0. The molecular formula is C18H16N2O. The lowest BCUT2D eigenvalue weighted by Gasteiger charge is -2.13. The number of benzene rings is 2. The Labute approximate surface area is 124 Å². The molecule has 0 aliphatic heterocycles. The Balaban J connectivity index is 2.00. The van der Waals surface area contributed by atoms with Crippen molar-refractivity contribution in [1.29, 1.82) is 0 Å². The second kappa shape index (κ2) is 6.20. The van der Waals surface area contributed by atoms with Gasteiger partial charge in [0.1, 0.15) is 11.5 Å². The first-order chi connectivity index (χ1) is 10.4. The number of ether oxygens (including phenoxy) is 1. The highest BCUT2D eigenvalue weighted by Crippen LogP contribution is 2.33. The van der Waals surface area contributed by atoms with Crippen LogP contribution in [0.25, 0.3) is 11.1 Å². The molecule has 0 fully saturated rings. The first-order valence-electron chi connectivity index (χ1n) is 6.84. The van der Waals surface area contributed by atoms with E-state index in [1.165, 1.54) is 0 Å². The highest BCUT2D eigenvalue weighted by Gasteiger charge is 2.08. The molecule has 3 aromatic rings. The van der Waals surface area contributed by atoms with Crippen molar-refractivity contribution in [3.05, 3.63) is 78.6 Å². The fourth-order valence-corrected chi connectivity index (χ4v) is 2.20. The number of nitrogens with zero attached hydrogens (tertiary/aromatic N) is 1. The molecule has 3 nitrogen and oxygen atoms in total. The molecule has 0 saturated carbocycles. The maximum absolute atomic E-state index is 6.07. The Kier molecular flexibility index (Phi) is 3.94. The Morgan fingerprint density at radius 2 is 1.62 bits per heavy atom. The van der Waals surface area contributed by atoms with Crippen LogP contribution >= 0.6 is 0 Å². The molecule has 0 aliphatic carbocycles. The largest absolute Gasteiger partial charge is 0.456 e. The monoisotopic (exact) mass is 276 g/mol. The minimum atomic E-state index is 0.399. The van der Waals surface area contributed by atoms with E-state index < -0.39 is 0 Å². The van der Waals surface area contributed by atoms with Gasteiger partial charge in [0.2, 0.25) is 0 Å². The second-order valence-electron chi connectivity index (χ2n) is 4.65. The van der Waals surface area contributed by atoms with E-state index in [4.69, 9.17) is 10.5 Å². The second-order valence-corrected chi connectivity index (χ2v) is 4.65. The van der Waals surface area contributed by atoms with Gasteiger partial charge in [0, 0.05) is 30.1 Å². The average Bonchev–Trinajstić information content (AvgIpc) is 2.57. The third kappa shape index (κ3) is 2.93. The van der Waals surface area contributed by atoms with E-state index in [1.807, 2.05) is 48.5 Å². The first kappa shape index (κ1) is 13.3. The van der Waals surface area contributed by atoms with E-state index in [0.29, 0.717) is 6.54 Å². The minimum Gasteiger partial charge on any atom is -0.456 e. The van der Waals surface area contributed by atoms with Gasteiger partial charge in [-0.2, -0.15) is 0 Å². The smallest absolute Gasteiger partial charge is 0.135 e. The number of pyridine rings is 1. The summed E-state index contributed by atoms with van der Waals surface area (Å²) in [4.78, 5) is 4.08. The van der Waals surface area contributed by atoms with Crippen molar-refractivity contribution in [2.24, 2.45) is 5.73 Å². The van der Waals surface area contributed by atoms with Crippen LogP contribution in [-0.2, 0) is 6.54 Å². The number of aromatic nitrogens is 1. The lowest BCUT2D eigenvalue weighted by Crippen LogP contribution is -2.00. The van der Waals surface area contributed by atoms with Crippen LogP contribution in [0.1, 0.15) is 5.56 Å². The molecule has 2 aromatic carbocycles. The van der Waals surface area contributed by atoms with Crippen molar-refractivity contribution >= 4 is 0 Å². The van der Waals surface area contributed by atoms with Gasteiger partial charge in [0.15, 0.2) is 0 Å². The maximum atomic E-state index is 6.07. The summed E-state index contributed by atoms with van der Waals surface area (Å²) in [5.41, 5.74) is 8.80. The molecule has 0 saturated heterocycles. The van der Waals surface area contributed by atoms with Crippen molar-refractivity contribution in [3.63, 3.8) is 0 Å². The van der Waals surface area contributed by atoms with Crippen molar-refractivity contribution in [1.82, 2.24) is 4.98 Å². The van der Waals surface area contributed by atoms with Gasteiger partial charge in [-0.25, -0.2) is 0 Å². The molecule has 0 bridgehead atoms. The van der Waals surface area contributed by atoms with Gasteiger partial charge >= 0.3 is 0 Å². The van der Waals surface area contributed by atoms with Gasteiger partial charge < -0.3 is 10.5 Å². The Morgan fingerprint density at radius 3 is 2.43 bits per heavy atom. The lowest BCUT2D eigenvalue weighted by molar-refractivity contribution is 0.477. The molecule has 1 aromatic heterocycles. The summed E-state index contributed by atoms with van der Waals surface area (Å²) in [5, 5.41) is 0. The molecule has 21 heavy (non-hydrogen) atoms. The molecule has 0 unspecified atom stereocenters. The predicted octanol–water partition coefficient (Wildman–Crippen LogP) is 4.00. The highest BCUT2D eigenvalue weighted by molar-refractivity contribution is 5.70. The molecule has 0 radical (unpaired) electrons. The van der Waals surface area contributed by atoms with Gasteiger partial charge in [0.25, 0.3) is 0 Å². The summed E-state index contributed by atoms with van der Waals surface area (Å²) in [6.07, 6.45) is 3.44. The summed E-state index contributed by atoms with van der Waals surface area (Å²) in [6.45, 7) is 0.399. The molecular weight excluding hydrogens is 260 g/mol. The zero-order chi connectivity index (χ0) is 14.5. The molecule has 1 heterocycles. The number of rotatable bonds is 4. The fourth-order valence-electron chi connectivity index (χ4n) is 2.20. The van der Waals surface area contributed by atoms with Crippen LogP contribution in [0, 0.1) is 0 Å². The summed E-state index contributed by atoms with van der Waals surface area (Å²) in [7, 11) is 0. The molecule has 0 aliphatic rings. The topological polar surface area (TPSA) is 48.1 Å². The van der Waals surface area contributed by atoms with E-state index >= 15 is 0 Å². The van der Waals surface area contributed by atoms with Crippen LogP contribution in [0.3, 0.4) is 0 Å². The van der Waals surface area contributed by atoms with Crippen LogP contribution in [-0.4, -0.2) is 4.98 Å². The maximum Gasteiger partial charge on any atom is 0.135 e. The van der Waals surface area contributed by atoms with Crippen molar-refractivity contribution in [2.45, 2.75) is 6.54 Å². The first-order valence-corrected chi connectivity index (χ1v) is 6.84. The number of hydrogen-bond acceptors (Lipinski definition) is 3. The molecule has 0 amide bonds. The molecule has 3 heteroatoms. The van der Waals surface area contributed by atoms with Gasteiger partial charge in [-0.05, 0) is 17.7 Å². The van der Waals surface area contributed by atoms with Crippen LogP contribution in [0.5, 0.6) is 11.5 Å². The summed E-state index contributed by atoms with van der Waals surface area (Å²) >= 11 is 0. The quantitative estimate of drug-likeness (QED) is 0.783. The zero-order valence-corrected chi connectivity index (χ0v) is 11.6. The molecule has 0 spiro atoms. The summed E-state index contributed by atoms with van der Waals surface area (Å²) in [5.74, 6) is 1.56. The van der Waals surface area contributed by atoms with Crippen LogP contribution in [0.2, 0.25) is 0 Å². The van der Waals surface area contributed by atoms with Crippen LogP contribution < -0.4 is 10.5 Å². The normalized spacial score (nSPS) is 10.3. The van der Waals surface area contributed by atoms with Gasteiger partial charge in [-0.3, -0.25) is 4.98 Å². The Morgan fingerprint density at radius 1 is 0.857 bits per heavy atom. The fraction of sp³-hybridized carbons (Fsp3) is 0.0556. The van der Waals surface area contributed by atoms with Crippen molar-refractivity contribution in [3.8, 4) is 22.6 Å². The number of para-hydroxylation sites is 1. The summed E-state index contributed by atoms with van der Waals surface area (Å²) in [6, 6.07) is 20.0. The molecule has 3 rings (SSSR count). The summed E-state index contributed by atoms with van der Waals surface area (Å²) < 4.78 is 6.07. The van der Waals surface area contributed by atoms with Crippen molar-refractivity contribution < 1.29 is 4.74 Å². The molecule has 104 valence electrons. The van der Waals surface area contributed by atoms with E-state index in [9.17, 15) is 0 Å². The zero-order valence-electron chi connectivity index (χ0n) is 11.6. The third-order valence-electron chi connectivity index (χ3n) is 3.27. The third-order valence-corrected chi connectivity index (χ3v) is 3.27. The number of nitrogens with two attached hydrogens (primary N) is 1. The van der Waals surface area contributed by atoms with Gasteiger partial charge in [0.05, 0.1) is 0 Å². The minimum absolute atomic E-state index is 0.399. The molecule has 0 atom stereocenters. The highest BCUT2D eigenvalue weighted by atomic mass is 16.5. The van der Waals surface area contributed by atoms with Gasteiger partial charge in [-0.15, -0.1) is 0 Å². The Bertz CT molecular complexity index is 726. The van der Waals surface area contributed by atoms with E-state index in [-0.39, 0.29) is 0 Å². The standard InChI is InChI=1S/C18H16N2O/c19-12-15-13-20-11-10-17(15)21-18-9-5-4-8-16(18)14-6-2-1-3-7-14/h1-11,13H,12,19H2. The molecule has 2 N–H and O–H groups in total. The Hall–Kier alpha value is -2.65. The average molecular weight is 276 g/mol. The van der Waals surface area contributed by atoms with Crippen molar-refractivity contribution in [2.75, 3.05) is 0 Å². The van der Waals surface area contributed by atoms with Crippen LogP contribution in [0.15, 0.2) is 73.1 Å². The SMILES string of the molecule is NCc1cnccc1Oc1ccccc1-c1ccccc1. The number of hydrogen-bond donors (Lipinski definition) is 1. The van der Waals surface area contributed by atoms with Crippen LogP contribution in [0.4, 0.5) is 0 Å². The van der Waals surface area contributed by atoms with E-state index in [1.54, 1.807) is 12.4 Å². The van der Waals surface area contributed by atoms with Gasteiger partial charge in [-0.1, -0.05) is 48.5 Å².